The largest absolute Gasteiger partial charge is 0.396 e. The molecule has 0 aliphatic rings. The Labute approximate surface area is 123 Å². The van der Waals surface area contributed by atoms with Gasteiger partial charge in [0, 0.05) is 16.1 Å². The highest BCUT2D eigenvalue weighted by molar-refractivity contribution is 9.10. The second-order valence-corrected chi connectivity index (χ2v) is 5.34. The molecular formula is C13H10BrClN4. The lowest BCUT2D eigenvalue weighted by atomic mass is 10.1. The van der Waals surface area contributed by atoms with Crippen LogP contribution in [-0.4, -0.2) is 9.38 Å². The standard InChI is InChI=1S/C13H10BrClN4/c14-11-6-18-13-10(16)5-8(12(17)19(11)13)7-3-1-2-4-9(7)15/h1-6H,16-17H2. The summed E-state index contributed by atoms with van der Waals surface area (Å²) < 4.78 is 2.51. The van der Waals surface area contributed by atoms with Crippen LogP contribution in [0.15, 0.2) is 41.1 Å². The number of rotatable bonds is 1. The van der Waals surface area contributed by atoms with E-state index in [9.17, 15) is 0 Å². The fourth-order valence-electron chi connectivity index (χ4n) is 2.07. The molecule has 0 saturated carbocycles. The van der Waals surface area contributed by atoms with Crippen molar-refractivity contribution in [3.05, 3.63) is 46.2 Å². The third-order valence-electron chi connectivity index (χ3n) is 2.96. The Morgan fingerprint density at radius 3 is 2.63 bits per heavy atom. The quantitative estimate of drug-likeness (QED) is 0.713. The van der Waals surface area contributed by atoms with Crippen molar-refractivity contribution in [1.82, 2.24) is 9.38 Å². The second kappa shape index (κ2) is 4.43. The molecule has 0 aliphatic heterocycles. The molecule has 2 heterocycles. The van der Waals surface area contributed by atoms with Gasteiger partial charge in [-0.3, -0.25) is 4.40 Å². The fraction of sp³-hybridized carbons (Fsp3) is 0. The Kier molecular flexibility index (Phi) is 2.88. The van der Waals surface area contributed by atoms with Crippen LogP contribution in [0.25, 0.3) is 16.8 Å². The molecule has 2 aromatic heterocycles. The van der Waals surface area contributed by atoms with Crippen molar-refractivity contribution in [2.75, 3.05) is 11.5 Å². The van der Waals surface area contributed by atoms with Crippen molar-refractivity contribution in [1.29, 1.82) is 0 Å². The van der Waals surface area contributed by atoms with Gasteiger partial charge in [0.05, 0.1) is 11.9 Å². The Morgan fingerprint density at radius 2 is 1.89 bits per heavy atom. The van der Waals surface area contributed by atoms with E-state index < -0.39 is 0 Å². The van der Waals surface area contributed by atoms with E-state index in [2.05, 4.69) is 20.9 Å². The summed E-state index contributed by atoms with van der Waals surface area (Å²) in [6, 6.07) is 9.30. The number of anilines is 2. The molecule has 0 fully saturated rings. The van der Waals surface area contributed by atoms with Crippen molar-refractivity contribution >= 4 is 44.7 Å². The predicted octanol–water partition coefficient (Wildman–Crippen LogP) is 3.58. The molecule has 96 valence electrons. The molecule has 3 aromatic rings. The maximum absolute atomic E-state index is 6.22. The third kappa shape index (κ3) is 1.86. The third-order valence-corrected chi connectivity index (χ3v) is 3.85. The normalized spacial score (nSPS) is 11.1. The van der Waals surface area contributed by atoms with Gasteiger partial charge < -0.3 is 11.5 Å². The van der Waals surface area contributed by atoms with Gasteiger partial charge in [-0.15, -0.1) is 0 Å². The summed E-state index contributed by atoms with van der Waals surface area (Å²) in [5.74, 6) is 0.543. The number of nitrogens with zero attached hydrogens (tertiary/aromatic N) is 2. The molecule has 0 unspecified atom stereocenters. The number of fused-ring (bicyclic) bond motifs is 1. The predicted molar refractivity (Wildman–Crippen MR) is 82.2 cm³/mol. The monoisotopic (exact) mass is 336 g/mol. The van der Waals surface area contributed by atoms with Crippen LogP contribution >= 0.6 is 27.5 Å². The van der Waals surface area contributed by atoms with Crippen molar-refractivity contribution in [2.24, 2.45) is 0 Å². The van der Waals surface area contributed by atoms with Gasteiger partial charge in [0.15, 0.2) is 5.65 Å². The molecule has 0 amide bonds. The van der Waals surface area contributed by atoms with E-state index in [1.807, 2.05) is 24.3 Å². The first-order chi connectivity index (χ1) is 9.09. The van der Waals surface area contributed by atoms with E-state index in [0.29, 0.717) is 22.2 Å². The molecule has 4 N–H and O–H groups in total. The molecule has 0 spiro atoms. The molecule has 3 rings (SSSR count). The Balaban J connectivity index is 2.40. The van der Waals surface area contributed by atoms with Crippen LogP contribution in [0.4, 0.5) is 11.5 Å². The molecule has 0 aliphatic carbocycles. The molecule has 0 bridgehead atoms. The SMILES string of the molecule is Nc1cc(-c2ccccc2Cl)c(N)n2c(Br)cnc12. The maximum atomic E-state index is 6.22. The number of imidazole rings is 1. The van der Waals surface area contributed by atoms with Gasteiger partial charge >= 0.3 is 0 Å². The Morgan fingerprint density at radius 1 is 1.16 bits per heavy atom. The lowest BCUT2D eigenvalue weighted by Gasteiger charge is -2.12. The number of hydrogen-bond acceptors (Lipinski definition) is 3. The van der Waals surface area contributed by atoms with Crippen molar-refractivity contribution in [2.45, 2.75) is 0 Å². The Bertz CT molecular complexity index is 782. The highest BCUT2D eigenvalue weighted by Gasteiger charge is 2.14. The second-order valence-electron chi connectivity index (χ2n) is 4.12. The van der Waals surface area contributed by atoms with Gasteiger partial charge in [0.2, 0.25) is 0 Å². The minimum absolute atomic E-state index is 0.543. The minimum Gasteiger partial charge on any atom is -0.396 e. The number of nitrogens with two attached hydrogens (primary N) is 2. The van der Waals surface area contributed by atoms with Gasteiger partial charge in [0.25, 0.3) is 0 Å². The van der Waals surface area contributed by atoms with Crippen LogP contribution < -0.4 is 11.5 Å². The van der Waals surface area contributed by atoms with Gasteiger partial charge in [-0.2, -0.15) is 0 Å². The number of benzene rings is 1. The van der Waals surface area contributed by atoms with Gasteiger partial charge in [-0.05, 0) is 28.1 Å². The van der Waals surface area contributed by atoms with Crippen LogP contribution in [0, 0.1) is 0 Å². The molecule has 0 radical (unpaired) electrons. The van der Waals surface area contributed by atoms with Crippen molar-refractivity contribution in [3.63, 3.8) is 0 Å². The topological polar surface area (TPSA) is 69.3 Å². The van der Waals surface area contributed by atoms with Gasteiger partial charge in [-0.1, -0.05) is 29.8 Å². The molecule has 0 atom stereocenters. The number of hydrogen-bond donors (Lipinski definition) is 2. The van der Waals surface area contributed by atoms with E-state index in [0.717, 1.165) is 15.7 Å². The number of nitrogen functional groups attached to an aromatic ring is 2. The summed E-state index contributed by atoms with van der Waals surface area (Å²) in [5.41, 5.74) is 15.0. The van der Waals surface area contributed by atoms with Crippen molar-refractivity contribution < 1.29 is 0 Å². The summed E-state index contributed by atoms with van der Waals surface area (Å²) in [5, 5.41) is 0.629. The highest BCUT2D eigenvalue weighted by atomic mass is 79.9. The smallest absolute Gasteiger partial charge is 0.162 e. The summed E-state index contributed by atoms with van der Waals surface area (Å²) >= 11 is 9.62. The lowest BCUT2D eigenvalue weighted by Crippen LogP contribution is -2.03. The molecular weight excluding hydrogens is 328 g/mol. The summed E-state index contributed by atoms with van der Waals surface area (Å²) in [7, 11) is 0. The van der Waals surface area contributed by atoms with E-state index in [4.69, 9.17) is 23.1 Å². The zero-order chi connectivity index (χ0) is 13.6. The maximum Gasteiger partial charge on any atom is 0.162 e. The number of halogens is 2. The van der Waals surface area contributed by atoms with E-state index in [1.54, 1.807) is 16.7 Å². The van der Waals surface area contributed by atoms with E-state index in [-0.39, 0.29) is 0 Å². The first kappa shape index (κ1) is 12.3. The van der Waals surface area contributed by atoms with Crippen LogP contribution in [-0.2, 0) is 0 Å². The lowest BCUT2D eigenvalue weighted by molar-refractivity contribution is 1.17. The molecule has 1 aromatic carbocycles. The van der Waals surface area contributed by atoms with E-state index >= 15 is 0 Å². The summed E-state index contributed by atoms with van der Waals surface area (Å²) in [6.07, 6.45) is 1.67. The van der Waals surface area contributed by atoms with Gasteiger partial charge in [0.1, 0.15) is 10.4 Å². The number of aromatic nitrogens is 2. The van der Waals surface area contributed by atoms with Crippen LogP contribution in [0.2, 0.25) is 5.02 Å². The molecule has 6 heteroatoms. The van der Waals surface area contributed by atoms with Crippen LogP contribution in [0.3, 0.4) is 0 Å². The fourth-order valence-corrected chi connectivity index (χ4v) is 2.77. The zero-order valence-electron chi connectivity index (χ0n) is 9.77. The minimum atomic E-state index is 0.543. The summed E-state index contributed by atoms with van der Waals surface area (Å²) in [6.45, 7) is 0. The zero-order valence-corrected chi connectivity index (χ0v) is 12.1. The van der Waals surface area contributed by atoms with Crippen LogP contribution in [0.5, 0.6) is 0 Å². The molecule has 4 nitrogen and oxygen atoms in total. The molecule has 0 saturated heterocycles. The highest BCUT2D eigenvalue weighted by Crippen LogP contribution is 2.35. The number of pyridine rings is 1. The molecule has 19 heavy (non-hydrogen) atoms. The van der Waals surface area contributed by atoms with E-state index in [1.165, 1.54) is 0 Å². The van der Waals surface area contributed by atoms with Crippen molar-refractivity contribution in [3.8, 4) is 11.1 Å². The average molecular weight is 338 g/mol. The first-order valence-electron chi connectivity index (χ1n) is 5.55. The average Bonchev–Trinajstić information content (AvgIpc) is 2.78. The van der Waals surface area contributed by atoms with Gasteiger partial charge in [-0.25, -0.2) is 4.98 Å². The Hall–Kier alpha value is -1.72. The van der Waals surface area contributed by atoms with Crippen LogP contribution in [0.1, 0.15) is 0 Å². The first-order valence-corrected chi connectivity index (χ1v) is 6.72. The summed E-state index contributed by atoms with van der Waals surface area (Å²) in [4.78, 5) is 4.21.